The van der Waals surface area contributed by atoms with Gasteiger partial charge in [-0.25, -0.2) is 0 Å². The number of esters is 1. The van der Waals surface area contributed by atoms with E-state index < -0.39 is 24.4 Å². The lowest BCUT2D eigenvalue weighted by atomic mass is 10.1. The zero-order valence-electron chi connectivity index (χ0n) is 20.0. The van der Waals surface area contributed by atoms with Gasteiger partial charge in [-0.1, -0.05) is 70.4 Å². The summed E-state index contributed by atoms with van der Waals surface area (Å²) in [6, 6.07) is 0. The summed E-state index contributed by atoms with van der Waals surface area (Å²) in [6.07, 6.45) is 16.5. The molecule has 1 saturated heterocycles. The number of aliphatic hydroxyl groups excluding tert-OH is 3. The van der Waals surface area contributed by atoms with Crippen LogP contribution in [0.4, 0.5) is 0 Å². The molecule has 1 aliphatic rings. The van der Waals surface area contributed by atoms with E-state index in [4.69, 9.17) is 14.3 Å². The quantitative estimate of drug-likeness (QED) is 0.162. The fraction of sp³-hybridized carbons (Fsp3) is 0.840. The number of carbonyl (C=O) groups excluding carboxylic acids is 2. The highest BCUT2D eigenvalue weighted by atomic mass is 16.6. The van der Waals surface area contributed by atoms with Gasteiger partial charge in [-0.05, 0) is 32.1 Å². The highest BCUT2D eigenvalue weighted by Crippen LogP contribution is 2.18. The number of aliphatic hydroxyl groups is 3. The third-order valence-corrected chi connectivity index (χ3v) is 5.63. The van der Waals surface area contributed by atoms with Gasteiger partial charge in [-0.3, -0.25) is 4.79 Å². The molecule has 7 nitrogen and oxygen atoms in total. The first-order chi connectivity index (χ1) is 15.6. The van der Waals surface area contributed by atoms with Gasteiger partial charge in [-0.2, -0.15) is 0 Å². The lowest BCUT2D eigenvalue weighted by Crippen LogP contribution is -2.41. The molecule has 0 aliphatic carbocycles. The minimum atomic E-state index is -1.15. The minimum absolute atomic E-state index is 0.0221. The van der Waals surface area contributed by atoms with E-state index in [1.807, 2.05) is 6.79 Å². The molecule has 4 atom stereocenters. The molecule has 0 amide bonds. The van der Waals surface area contributed by atoms with Crippen LogP contribution in [0, 0.1) is 0 Å². The summed E-state index contributed by atoms with van der Waals surface area (Å²) in [5, 5.41) is 29.0. The predicted molar refractivity (Wildman–Crippen MR) is 125 cm³/mol. The zero-order chi connectivity index (χ0) is 24.0. The van der Waals surface area contributed by atoms with E-state index in [1.54, 1.807) is 0 Å². The molecule has 0 aromatic heterocycles. The molecule has 7 heteroatoms. The van der Waals surface area contributed by atoms with Crippen LogP contribution >= 0.6 is 0 Å². The third-order valence-electron chi connectivity index (χ3n) is 5.63. The van der Waals surface area contributed by atoms with Gasteiger partial charge in [0.2, 0.25) is 0 Å². The summed E-state index contributed by atoms with van der Waals surface area (Å²) < 4.78 is 10.2. The molecule has 0 radical (unpaired) electrons. The Morgan fingerprint density at radius 2 is 1.50 bits per heavy atom. The van der Waals surface area contributed by atoms with Crippen molar-refractivity contribution < 1.29 is 34.4 Å². The van der Waals surface area contributed by atoms with Crippen LogP contribution in [0.2, 0.25) is 0 Å². The van der Waals surface area contributed by atoms with Crippen molar-refractivity contribution in [3.8, 4) is 0 Å². The maximum absolute atomic E-state index is 11.7. The summed E-state index contributed by atoms with van der Waals surface area (Å²) in [7, 11) is 0. The standard InChI is InChI=1S/C24H44O6.CH2O/c1-2-3-4-5-6-7-8-9-10-11-12-13-14-15-16-17-22(27)29-19-21(26)24-23(28)20(25)18-30-24;1-2/h9-10,20-21,23-26,28H,2-8,11-19H2,1H3;1H2/b10-9-;/t20-,21+,23+,24+;/m0./s1. The Balaban J connectivity index is 0.00000466. The second-order valence-electron chi connectivity index (χ2n) is 8.44. The first-order valence-corrected chi connectivity index (χ1v) is 12.3. The van der Waals surface area contributed by atoms with E-state index in [9.17, 15) is 20.1 Å². The fourth-order valence-corrected chi connectivity index (χ4v) is 3.65. The summed E-state index contributed by atoms with van der Waals surface area (Å²) in [4.78, 5) is 19.7. The van der Waals surface area contributed by atoms with Crippen molar-refractivity contribution in [3.05, 3.63) is 12.2 Å². The third kappa shape index (κ3) is 15.5. The van der Waals surface area contributed by atoms with Crippen molar-refractivity contribution in [2.24, 2.45) is 0 Å². The van der Waals surface area contributed by atoms with Gasteiger partial charge in [0, 0.05) is 6.42 Å². The summed E-state index contributed by atoms with van der Waals surface area (Å²) in [5.41, 5.74) is 0. The van der Waals surface area contributed by atoms with Gasteiger partial charge < -0.3 is 29.6 Å². The van der Waals surface area contributed by atoms with Gasteiger partial charge in [0.15, 0.2) is 0 Å². The summed E-state index contributed by atoms with van der Waals surface area (Å²) >= 11 is 0. The van der Waals surface area contributed by atoms with E-state index in [1.165, 1.54) is 57.8 Å². The number of carbonyl (C=O) groups is 2. The van der Waals surface area contributed by atoms with E-state index in [0.717, 1.165) is 25.7 Å². The van der Waals surface area contributed by atoms with Gasteiger partial charge in [-0.15, -0.1) is 0 Å². The highest BCUT2D eigenvalue weighted by molar-refractivity contribution is 5.69. The smallest absolute Gasteiger partial charge is 0.305 e. The number of rotatable bonds is 18. The summed E-state index contributed by atoms with van der Waals surface area (Å²) in [6.45, 7) is 4.00. The number of allylic oxidation sites excluding steroid dienone is 2. The molecule has 1 heterocycles. The molecule has 0 aromatic rings. The van der Waals surface area contributed by atoms with Gasteiger partial charge in [0.05, 0.1) is 6.61 Å². The number of ether oxygens (including phenoxy) is 2. The Kier molecular flexibility index (Phi) is 20.7. The average Bonchev–Trinajstić information content (AvgIpc) is 3.14. The van der Waals surface area contributed by atoms with Gasteiger partial charge in [0.1, 0.15) is 37.8 Å². The Morgan fingerprint density at radius 1 is 0.969 bits per heavy atom. The van der Waals surface area contributed by atoms with Crippen LogP contribution in [-0.4, -0.2) is 65.7 Å². The molecule has 188 valence electrons. The Bertz CT molecular complexity index is 469. The van der Waals surface area contributed by atoms with Gasteiger partial charge >= 0.3 is 5.97 Å². The largest absolute Gasteiger partial charge is 0.463 e. The minimum Gasteiger partial charge on any atom is -0.463 e. The van der Waals surface area contributed by atoms with Crippen LogP contribution in [0.3, 0.4) is 0 Å². The molecule has 0 aromatic carbocycles. The summed E-state index contributed by atoms with van der Waals surface area (Å²) in [5.74, 6) is -0.347. The van der Waals surface area contributed by atoms with E-state index in [-0.39, 0.29) is 19.2 Å². The lowest BCUT2D eigenvalue weighted by molar-refractivity contribution is -0.151. The average molecular weight is 459 g/mol. The monoisotopic (exact) mass is 458 g/mol. The van der Waals surface area contributed by atoms with Crippen LogP contribution in [0.15, 0.2) is 12.2 Å². The predicted octanol–water partition coefficient (Wildman–Crippen LogP) is 3.86. The topological polar surface area (TPSA) is 113 Å². The van der Waals surface area contributed by atoms with E-state index >= 15 is 0 Å². The normalized spacial score (nSPS) is 21.3. The number of hydrogen-bond donors (Lipinski definition) is 3. The molecule has 1 rings (SSSR count). The fourth-order valence-electron chi connectivity index (χ4n) is 3.65. The first kappa shape index (κ1) is 30.7. The van der Waals surface area contributed by atoms with Crippen LogP contribution in [-0.2, 0) is 19.1 Å². The molecule has 0 saturated carbocycles. The van der Waals surface area contributed by atoms with Gasteiger partial charge in [0.25, 0.3) is 0 Å². The molecule has 3 N–H and O–H groups in total. The molecule has 1 fully saturated rings. The Morgan fingerprint density at radius 3 is 2.03 bits per heavy atom. The second-order valence-corrected chi connectivity index (χ2v) is 8.44. The van der Waals surface area contributed by atoms with E-state index in [0.29, 0.717) is 6.42 Å². The first-order valence-electron chi connectivity index (χ1n) is 12.3. The highest BCUT2D eigenvalue weighted by Gasteiger charge is 2.39. The Hall–Kier alpha value is -1.28. The molecule has 1 aliphatic heterocycles. The molecule has 0 spiro atoms. The second kappa shape index (κ2) is 21.6. The van der Waals surface area contributed by atoms with Crippen molar-refractivity contribution in [1.82, 2.24) is 0 Å². The van der Waals surface area contributed by atoms with Crippen molar-refractivity contribution in [2.75, 3.05) is 13.2 Å². The molecule has 0 unspecified atom stereocenters. The molecular weight excluding hydrogens is 412 g/mol. The Labute approximate surface area is 194 Å². The maximum atomic E-state index is 11.7. The molecular formula is C25H46O7. The number of hydrogen-bond acceptors (Lipinski definition) is 7. The van der Waals surface area contributed by atoms with Crippen LogP contribution in [0.25, 0.3) is 0 Å². The lowest BCUT2D eigenvalue weighted by Gasteiger charge is -2.20. The maximum Gasteiger partial charge on any atom is 0.305 e. The van der Waals surface area contributed by atoms with Crippen LogP contribution in [0.5, 0.6) is 0 Å². The van der Waals surface area contributed by atoms with Crippen LogP contribution < -0.4 is 0 Å². The SMILES string of the molecule is C=O.CCCCCCCC/C=C\CCCCCCCC(=O)OC[C@@H](O)[C@H]1OC[C@H](O)[C@H]1O. The number of unbranched alkanes of at least 4 members (excludes halogenated alkanes) is 11. The van der Waals surface area contributed by atoms with Crippen molar-refractivity contribution >= 4 is 12.8 Å². The molecule has 32 heavy (non-hydrogen) atoms. The zero-order valence-corrected chi connectivity index (χ0v) is 20.0. The van der Waals surface area contributed by atoms with Crippen molar-refractivity contribution in [3.63, 3.8) is 0 Å². The molecule has 0 bridgehead atoms. The van der Waals surface area contributed by atoms with E-state index in [2.05, 4.69) is 19.1 Å². The van der Waals surface area contributed by atoms with Crippen molar-refractivity contribution in [2.45, 2.75) is 121 Å². The van der Waals surface area contributed by atoms with Crippen molar-refractivity contribution in [1.29, 1.82) is 0 Å². The van der Waals surface area contributed by atoms with Crippen LogP contribution in [0.1, 0.15) is 96.8 Å².